The van der Waals surface area contributed by atoms with E-state index in [1.54, 1.807) is 6.08 Å². The summed E-state index contributed by atoms with van der Waals surface area (Å²) in [6, 6.07) is 15.2. The lowest BCUT2D eigenvalue weighted by Crippen LogP contribution is -2.37. The summed E-state index contributed by atoms with van der Waals surface area (Å²) < 4.78 is 23.3. The van der Waals surface area contributed by atoms with Gasteiger partial charge >= 0.3 is 0 Å². The second-order valence-electron chi connectivity index (χ2n) is 9.18. The summed E-state index contributed by atoms with van der Waals surface area (Å²) >= 11 is 1.16. The molecule has 4 rings (SSSR count). The number of nitrogens with one attached hydrogen (secondary N) is 1. The van der Waals surface area contributed by atoms with Crippen LogP contribution in [0.25, 0.3) is 6.08 Å². The molecule has 0 spiro atoms. The Kier molecular flexibility index (Phi) is 7.47. The Morgan fingerprint density at radius 1 is 1.17 bits per heavy atom. The minimum absolute atomic E-state index is 0.0270. The molecule has 2 amide bonds. The van der Waals surface area contributed by atoms with Gasteiger partial charge in [-0.2, -0.15) is 0 Å². The molecule has 0 bridgehead atoms. The van der Waals surface area contributed by atoms with Crippen LogP contribution in [0.3, 0.4) is 0 Å². The molecule has 7 nitrogen and oxygen atoms in total. The van der Waals surface area contributed by atoms with Gasteiger partial charge in [0.05, 0.1) is 22.9 Å². The smallest absolute Gasteiger partial charge is 0.283 e. The number of hydrogen-bond acceptors (Lipinski definition) is 6. The number of carbonyl (C=O) groups is 2. The maximum absolute atomic E-state index is 13.3. The summed E-state index contributed by atoms with van der Waals surface area (Å²) in [5.41, 5.74) is 4.13. The fourth-order valence-electron chi connectivity index (χ4n) is 3.96. The predicted octanol–water partition coefficient (Wildman–Crippen LogP) is 3.90. The molecule has 2 aromatic rings. The molecular weight excluding hydrogens is 482 g/mol. The van der Waals surface area contributed by atoms with E-state index in [1.165, 1.54) is 10.5 Å². The average Bonchev–Trinajstić information content (AvgIpc) is 3.31. The van der Waals surface area contributed by atoms with Crippen molar-refractivity contribution in [2.45, 2.75) is 39.2 Å². The highest BCUT2D eigenvalue weighted by molar-refractivity contribution is 8.14. The summed E-state index contributed by atoms with van der Waals surface area (Å²) in [5, 5.41) is 3.20. The largest absolute Gasteiger partial charge is 0.352 e. The molecule has 184 valence electrons. The van der Waals surface area contributed by atoms with Gasteiger partial charge in [-0.3, -0.25) is 14.5 Å². The molecule has 0 unspecified atom stereocenters. The van der Waals surface area contributed by atoms with Gasteiger partial charge in [-0.1, -0.05) is 67.6 Å². The zero-order valence-electron chi connectivity index (χ0n) is 20.0. The zero-order chi connectivity index (χ0) is 25.2. The summed E-state index contributed by atoms with van der Waals surface area (Å²) in [6.07, 6.45) is 2.18. The number of amidine groups is 1. The van der Waals surface area contributed by atoms with Crippen LogP contribution in [0.4, 0.5) is 5.69 Å². The van der Waals surface area contributed by atoms with E-state index in [4.69, 9.17) is 0 Å². The molecule has 0 aromatic heterocycles. The van der Waals surface area contributed by atoms with Crippen LogP contribution in [0.1, 0.15) is 42.9 Å². The van der Waals surface area contributed by atoms with Crippen LogP contribution in [0.2, 0.25) is 0 Å². The van der Waals surface area contributed by atoms with Crippen LogP contribution < -0.4 is 10.2 Å². The molecule has 1 saturated heterocycles. The number of carbonyl (C=O) groups excluding carboxylic acids is 2. The van der Waals surface area contributed by atoms with Crippen molar-refractivity contribution >= 4 is 50.3 Å². The van der Waals surface area contributed by atoms with Gasteiger partial charge in [-0.15, -0.1) is 0 Å². The van der Waals surface area contributed by atoms with Gasteiger partial charge in [0.25, 0.3) is 5.91 Å². The molecule has 2 aromatic carbocycles. The first kappa shape index (κ1) is 25.2. The molecular formula is C26H29N3O4S2. The Morgan fingerprint density at radius 2 is 1.86 bits per heavy atom. The third-order valence-corrected chi connectivity index (χ3v) is 8.66. The summed E-state index contributed by atoms with van der Waals surface area (Å²) in [5.74, 6) is -0.0232. The lowest BCUT2D eigenvalue weighted by Gasteiger charge is -2.18. The maximum atomic E-state index is 13.3. The Hall–Kier alpha value is -2.91. The fraction of sp³-hybridized carbons (Fsp3) is 0.346. The SMILES string of the molecule is Cc1ccc(N2C(=O)/C(=C/c3ccc(C(C)C)cc3)N=C2SCC(=O)N[C@@H]2CCS(=O)(=O)C2)cc1. The summed E-state index contributed by atoms with van der Waals surface area (Å²) in [6.45, 7) is 6.23. The highest BCUT2D eigenvalue weighted by Gasteiger charge is 2.33. The van der Waals surface area contributed by atoms with Gasteiger partial charge in [0.15, 0.2) is 15.0 Å². The third-order valence-electron chi connectivity index (χ3n) is 5.96. The van der Waals surface area contributed by atoms with E-state index < -0.39 is 9.84 Å². The van der Waals surface area contributed by atoms with Crippen molar-refractivity contribution in [3.8, 4) is 0 Å². The summed E-state index contributed by atoms with van der Waals surface area (Å²) in [7, 11) is -3.08. The van der Waals surface area contributed by atoms with Crippen molar-refractivity contribution < 1.29 is 18.0 Å². The number of aliphatic imine (C=N–C) groups is 1. The number of hydrogen-bond donors (Lipinski definition) is 1. The maximum Gasteiger partial charge on any atom is 0.283 e. The van der Waals surface area contributed by atoms with Gasteiger partial charge in [0.1, 0.15) is 5.70 Å². The van der Waals surface area contributed by atoms with Crippen molar-refractivity contribution in [2.75, 3.05) is 22.2 Å². The number of sulfone groups is 1. The first-order valence-corrected chi connectivity index (χ1v) is 14.4. The standard InChI is InChI=1S/C26H29N3O4S2/c1-17(2)20-8-6-19(7-9-20)14-23-25(31)29(22-10-4-18(3)5-11-22)26(28-23)34-15-24(30)27-21-12-13-35(32,33)16-21/h4-11,14,17,21H,12-13,15-16H2,1-3H3,(H,27,30)/b23-14-/t21-/m1/s1. The van der Waals surface area contributed by atoms with Crippen LogP contribution in [-0.4, -0.2) is 48.7 Å². The molecule has 35 heavy (non-hydrogen) atoms. The van der Waals surface area contributed by atoms with Crippen LogP contribution in [0.5, 0.6) is 0 Å². The molecule has 0 aliphatic carbocycles. The molecule has 2 aliphatic rings. The Labute approximate surface area is 210 Å². The monoisotopic (exact) mass is 511 g/mol. The third kappa shape index (κ3) is 6.21. The van der Waals surface area contributed by atoms with Gasteiger partial charge in [-0.05, 0) is 48.6 Å². The Bertz CT molecular complexity index is 1280. The van der Waals surface area contributed by atoms with Crippen molar-refractivity contribution in [3.05, 3.63) is 70.9 Å². The number of benzene rings is 2. The first-order valence-electron chi connectivity index (χ1n) is 11.6. The van der Waals surface area contributed by atoms with E-state index in [2.05, 4.69) is 24.2 Å². The molecule has 2 heterocycles. The van der Waals surface area contributed by atoms with Gasteiger partial charge < -0.3 is 5.32 Å². The molecule has 2 aliphatic heterocycles. The fourth-order valence-corrected chi connectivity index (χ4v) is 6.46. The van der Waals surface area contributed by atoms with Crippen LogP contribution in [-0.2, 0) is 19.4 Å². The number of nitrogens with zero attached hydrogens (tertiary/aromatic N) is 2. The molecule has 1 atom stereocenters. The predicted molar refractivity (Wildman–Crippen MR) is 142 cm³/mol. The topological polar surface area (TPSA) is 95.9 Å². The van der Waals surface area contributed by atoms with E-state index in [0.717, 1.165) is 22.9 Å². The second-order valence-corrected chi connectivity index (χ2v) is 12.3. The lowest BCUT2D eigenvalue weighted by molar-refractivity contribution is -0.119. The first-order chi connectivity index (χ1) is 16.6. The quantitative estimate of drug-likeness (QED) is 0.594. The number of rotatable bonds is 6. The lowest BCUT2D eigenvalue weighted by atomic mass is 10.0. The van der Waals surface area contributed by atoms with E-state index in [-0.39, 0.29) is 35.1 Å². The van der Waals surface area contributed by atoms with Crippen molar-refractivity contribution in [1.29, 1.82) is 0 Å². The van der Waals surface area contributed by atoms with E-state index in [1.807, 2.05) is 55.5 Å². The van der Waals surface area contributed by atoms with E-state index in [9.17, 15) is 18.0 Å². The highest BCUT2D eigenvalue weighted by Crippen LogP contribution is 2.30. The Balaban J connectivity index is 1.53. The normalized spacial score (nSPS) is 20.5. The second kappa shape index (κ2) is 10.4. The van der Waals surface area contributed by atoms with Crippen molar-refractivity contribution in [2.24, 2.45) is 4.99 Å². The summed E-state index contributed by atoms with van der Waals surface area (Å²) in [4.78, 5) is 31.9. The number of aryl methyl sites for hydroxylation is 1. The van der Waals surface area contributed by atoms with Crippen molar-refractivity contribution in [3.63, 3.8) is 0 Å². The van der Waals surface area contributed by atoms with E-state index in [0.29, 0.717) is 28.9 Å². The van der Waals surface area contributed by atoms with Crippen molar-refractivity contribution in [1.82, 2.24) is 5.32 Å². The number of amides is 2. The Morgan fingerprint density at radius 3 is 2.46 bits per heavy atom. The molecule has 0 radical (unpaired) electrons. The zero-order valence-corrected chi connectivity index (χ0v) is 21.7. The van der Waals surface area contributed by atoms with E-state index >= 15 is 0 Å². The average molecular weight is 512 g/mol. The number of anilines is 1. The van der Waals surface area contributed by atoms with Gasteiger partial charge in [0.2, 0.25) is 5.91 Å². The van der Waals surface area contributed by atoms with Crippen LogP contribution in [0.15, 0.2) is 59.2 Å². The highest BCUT2D eigenvalue weighted by atomic mass is 32.2. The minimum atomic E-state index is -3.08. The molecule has 1 fully saturated rings. The van der Waals surface area contributed by atoms with Gasteiger partial charge in [0, 0.05) is 6.04 Å². The van der Waals surface area contributed by atoms with Gasteiger partial charge in [-0.25, -0.2) is 13.4 Å². The van der Waals surface area contributed by atoms with Crippen LogP contribution >= 0.6 is 11.8 Å². The minimum Gasteiger partial charge on any atom is -0.352 e. The molecule has 0 saturated carbocycles. The van der Waals surface area contributed by atoms with Crippen LogP contribution in [0, 0.1) is 6.92 Å². The molecule has 9 heteroatoms. The number of thioether (sulfide) groups is 1. The molecule has 1 N–H and O–H groups in total.